The summed E-state index contributed by atoms with van der Waals surface area (Å²) >= 11 is 7.44. The summed E-state index contributed by atoms with van der Waals surface area (Å²) in [6, 6.07) is 6.31. The van der Waals surface area contributed by atoms with Crippen molar-refractivity contribution < 1.29 is 14.4 Å². The molecule has 35 heavy (non-hydrogen) atoms. The first-order chi connectivity index (χ1) is 16.9. The molecule has 4 heterocycles. The summed E-state index contributed by atoms with van der Waals surface area (Å²) in [5.41, 5.74) is 1.25. The first kappa shape index (κ1) is 23.7. The molecule has 11 heteroatoms. The molecule has 0 bridgehead atoms. The van der Waals surface area contributed by atoms with Crippen LogP contribution in [0.25, 0.3) is 10.8 Å². The second-order valence-corrected chi connectivity index (χ2v) is 10.5. The number of fused-ring (bicyclic) bond motifs is 2. The third-order valence-electron chi connectivity index (χ3n) is 6.46. The van der Waals surface area contributed by atoms with Crippen molar-refractivity contribution in [2.45, 2.75) is 31.5 Å². The highest BCUT2D eigenvalue weighted by Crippen LogP contribution is 2.25. The van der Waals surface area contributed by atoms with Crippen LogP contribution in [0.3, 0.4) is 0 Å². The summed E-state index contributed by atoms with van der Waals surface area (Å²) in [5.74, 6) is -0.622. The van der Waals surface area contributed by atoms with Crippen molar-refractivity contribution in [1.29, 1.82) is 0 Å². The van der Waals surface area contributed by atoms with Crippen LogP contribution in [0.1, 0.15) is 37.3 Å². The maximum absolute atomic E-state index is 13.1. The molecular formula is C24H25ClN6O3S. The van der Waals surface area contributed by atoms with Crippen molar-refractivity contribution in [2.24, 2.45) is 0 Å². The minimum atomic E-state index is -0.451. The molecule has 2 aromatic heterocycles. The number of amides is 3. The van der Waals surface area contributed by atoms with E-state index in [0.717, 1.165) is 47.3 Å². The summed E-state index contributed by atoms with van der Waals surface area (Å²) in [6.07, 6.45) is 3.72. The molecule has 0 radical (unpaired) electrons. The van der Waals surface area contributed by atoms with Crippen molar-refractivity contribution >= 4 is 51.9 Å². The summed E-state index contributed by atoms with van der Waals surface area (Å²) < 4.78 is 0. The SMILES string of the molecule is CN1CCc2nc(C(=O)N[C@@H]3CN(C=O)CC[C@@H]3NC(=O)c3cc4ccc(Cl)cc4cn3)sc2C1. The molecule has 0 saturated carbocycles. The predicted molar refractivity (Wildman–Crippen MR) is 134 cm³/mol. The Kier molecular flexibility index (Phi) is 6.68. The summed E-state index contributed by atoms with van der Waals surface area (Å²) in [5, 5.41) is 8.73. The van der Waals surface area contributed by atoms with Gasteiger partial charge in [-0.3, -0.25) is 19.4 Å². The molecule has 1 fully saturated rings. The molecule has 3 amide bonds. The maximum atomic E-state index is 13.1. The number of pyridine rings is 1. The van der Waals surface area contributed by atoms with E-state index in [1.165, 1.54) is 11.3 Å². The topological polar surface area (TPSA) is 108 Å². The van der Waals surface area contributed by atoms with Gasteiger partial charge in [-0.2, -0.15) is 0 Å². The number of rotatable bonds is 5. The van der Waals surface area contributed by atoms with E-state index in [1.807, 2.05) is 13.1 Å². The Morgan fingerprint density at radius 2 is 1.97 bits per heavy atom. The van der Waals surface area contributed by atoms with Gasteiger partial charge in [0.1, 0.15) is 5.69 Å². The Balaban J connectivity index is 1.31. The monoisotopic (exact) mass is 512 g/mol. The van der Waals surface area contributed by atoms with E-state index < -0.39 is 6.04 Å². The van der Waals surface area contributed by atoms with Gasteiger partial charge in [-0.15, -0.1) is 11.3 Å². The molecule has 2 N–H and O–H groups in total. The lowest BCUT2D eigenvalue weighted by atomic mass is 9.99. The summed E-state index contributed by atoms with van der Waals surface area (Å²) in [7, 11) is 2.05. The zero-order valence-electron chi connectivity index (χ0n) is 19.2. The lowest BCUT2D eigenvalue weighted by molar-refractivity contribution is -0.119. The van der Waals surface area contributed by atoms with E-state index in [0.29, 0.717) is 29.5 Å². The molecule has 1 saturated heterocycles. The number of nitrogens with one attached hydrogen (secondary N) is 2. The van der Waals surface area contributed by atoms with Crippen LogP contribution in [-0.2, 0) is 17.8 Å². The Morgan fingerprint density at radius 3 is 2.80 bits per heavy atom. The van der Waals surface area contributed by atoms with Crippen molar-refractivity contribution in [3.8, 4) is 0 Å². The normalized spacial score (nSPS) is 20.3. The van der Waals surface area contributed by atoms with E-state index in [1.54, 1.807) is 29.3 Å². The lowest BCUT2D eigenvalue weighted by Gasteiger charge is -2.37. The van der Waals surface area contributed by atoms with E-state index in [2.05, 4.69) is 25.5 Å². The van der Waals surface area contributed by atoms with Gasteiger partial charge in [0.15, 0.2) is 5.01 Å². The number of hydrogen-bond acceptors (Lipinski definition) is 7. The quantitative estimate of drug-likeness (QED) is 0.507. The van der Waals surface area contributed by atoms with Gasteiger partial charge < -0.3 is 20.4 Å². The van der Waals surface area contributed by atoms with Crippen LogP contribution in [0.5, 0.6) is 0 Å². The summed E-state index contributed by atoms with van der Waals surface area (Å²) in [4.78, 5) is 51.3. The Labute approximate surface area is 211 Å². The van der Waals surface area contributed by atoms with Crippen molar-refractivity contribution in [1.82, 2.24) is 30.4 Å². The number of carbonyl (C=O) groups is 3. The number of likely N-dealkylation sites (tertiary alicyclic amines) is 1. The molecule has 182 valence electrons. The summed E-state index contributed by atoms with van der Waals surface area (Å²) in [6.45, 7) is 2.49. The van der Waals surface area contributed by atoms with Crippen LogP contribution in [0.15, 0.2) is 30.5 Å². The van der Waals surface area contributed by atoms with Gasteiger partial charge in [0.05, 0.1) is 17.8 Å². The van der Waals surface area contributed by atoms with Crippen LogP contribution < -0.4 is 10.6 Å². The van der Waals surface area contributed by atoms with Gasteiger partial charge in [-0.05, 0) is 37.1 Å². The molecule has 9 nitrogen and oxygen atoms in total. The smallest absolute Gasteiger partial charge is 0.280 e. The number of thiazole rings is 1. The zero-order valence-corrected chi connectivity index (χ0v) is 20.7. The van der Waals surface area contributed by atoms with Crippen molar-refractivity contribution in [3.05, 3.63) is 56.8 Å². The largest absolute Gasteiger partial charge is 0.346 e. The standard InChI is InChI=1S/C24H25ClN6O3S/c1-30-6-4-18-21(12-30)35-24(29-18)23(34)28-20-11-31(13-32)7-5-17(20)27-22(33)19-9-14-2-3-16(25)8-15(14)10-26-19/h2-3,8-10,13,17,20H,4-7,11-12H2,1H3,(H,27,33)(H,28,34)/t17-,20+/m0/s1. The Morgan fingerprint density at radius 1 is 1.14 bits per heavy atom. The van der Waals surface area contributed by atoms with E-state index in [9.17, 15) is 14.4 Å². The third-order valence-corrected chi connectivity index (χ3v) is 7.78. The Hall–Kier alpha value is -3.08. The van der Waals surface area contributed by atoms with Gasteiger partial charge in [-0.1, -0.05) is 17.7 Å². The second-order valence-electron chi connectivity index (χ2n) is 8.99. The van der Waals surface area contributed by atoms with Crippen LogP contribution in [-0.4, -0.2) is 76.8 Å². The van der Waals surface area contributed by atoms with Gasteiger partial charge >= 0.3 is 0 Å². The maximum Gasteiger partial charge on any atom is 0.280 e. The van der Waals surface area contributed by atoms with Crippen LogP contribution >= 0.6 is 22.9 Å². The molecule has 2 atom stereocenters. The minimum Gasteiger partial charge on any atom is -0.346 e. The molecule has 1 aromatic carbocycles. The zero-order chi connectivity index (χ0) is 24.5. The fourth-order valence-corrected chi connectivity index (χ4v) is 5.79. The first-order valence-corrected chi connectivity index (χ1v) is 12.6. The van der Waals surface area contributed by atoms with Crippen molar-refractivity contribution in [3.63, 3.8) is 0 Å². The molecule has 0 unspecified atom stereocenters. The number of carbonyl (C=O) groups excluding carboxylic acids is 3. The predicted octanol–water partition coefficient (Wildman–Crippen LogP) is 2.09. The molecule has 5 rings (SSSR count). The van der Waals surface area contributed by atoms with Crippen LogP contribution in [0.2, 0.25) is 5.02 Å². The number of piperidine rings is 1. The highest BCUT2D eigenvalue weighted by atomic mass is 35.5. The number of hydrogen-bond donors (Lipinski definition) is 2. The molecule has 2 aliphatic heterocycles. The first-order valence-electron chi connectivity index (χ1n) is 11.4. The lowest BCUT2D eigenvalue weighted by Crippen LogP contribution is -2.60. The minimum absolute atomic E-state index is 0.277. The van der Waals surface area contributed by atoms with Gasteiger partial charge in [0, 0.05) is 54.1 Å². The van der Waals surface area contributed by atoms with E-state index in [4.69, 9.17) is 11.6 Å². The fourth-order valence-electron chi connectivity index (χ4n) is 4.52. The number of halogens is 1. The van der Waals surface area contributed by atoms with Crippen LogP contribution in [0.4, 0.5) is 0 Å². The second kappa shape index (κ2) is 9.88. The Bertz CT molecular complexity index is 1300. The van der Waals surface area contributed by atoms with Crippen LogP contribution in [0, 0.1) is 0 Å². The van der Waals surface area contributed by atoms with E-state index in [-0.39, 0.29) is 23.6 Å². The molecule has 2 aliphatic rings. The number of nitrogens with zero attached hydrogens (tertiary/aromatic N) is 4. The molecule has 0 spiro atoms. The highest BCUT2D eigenvalue weighted by Gasteiger charge is 2.33. The van der Waals surface area contributed by atoms with Crippen molar-refractivity contribution in [2.75, 3.05) is 26.7 Å². The molecular weight excluding hydrogens is 488 g/mol. The number of likely N-dealkylation sites (N-methyl/N-ethyl adjacent to an activating group) is 1. The molecule has 0 aliphatic carbocycles. The fraction of sp³-hybridized carbons (Fsp3) is 0.375. The van der Waals surface area contributed by atoms with E-state index >= 15 is 0 Å². The van der Waals surface area contributed by atoms with Gasteiger partial charge in [0.25, 0.3) is 11.8 Å². The number of benzene rings is 1. The number of aromatic nitrogens is 2. The van der Waals surface area contributed by atoms with Gasteiger partial charge in [0.2, 0.25) is 6.41 Å². The third kappa shape index (κ3) is 5.14. The molecule has 3 aromatic rings. The average molecular weight is 513 g/mol. The van der Waals surface area contributed by atoms with Gasteiger partial charge in [-0.25, -0.2) is 4.98 Å². The highest BCUT2D eigenvalue weighted by molar-refractivity contribution is 7.13. The average Bonchev–Trinajstić information content (AvgIpc) is 3.28.